The van der Waals surface area contributed by atoms with Gasteiger partial charge in [0.15, 0.2) is 0 Å². The Kier molecular flexibility index (Phi) is 13.1. The summed E-state index contributed by atoms with van der Waals surface area (Å²) in [6.45, 7) is 12.9. The third-order valence-corrected chi connectivity index (χ3v) is 3.14. The lowest BCUT2D eigenvalue weighted by Crippen LogP contribution is -2.13. The average Bonchev–Trinajstić information content (AvgIpc) is 2.50. The molecule has 0 amide bonds. The van der Waals surface area contributed by atoms with Crippen molar-refractivity contribution in [2.24, 2.45) is 11.3 Å². The van der Waals surface area contributed by atoms with Crippen molar-refractivity contribution in [2.75, 3.05) is 39.6 Å². The second kappa shape index (κ2) is 13.8. The van der Waals surface area contributed by atoms with Crippen LogP contribution in [0.4, 0.5) is 0 Å². The summed E-state index contributed by atoms with van der Waals surface area (Å²) in [7, 11) is 0. The Labute approximate surface area is 151 Å². The summed E-state index contributed by atoms with van der Waals surface area (Å²) >= 11 is 0. The Morgan fingerprint density at radius 2 is 1.28 bits per heavy atom. The van der Waals surface area contributed by atoms with E-state index in [0.717, 1.165) is 25.0 Å². The van der Waals surface area contributed by atoms with Gasteiger partial charge in [-0.3, -0.25) is 0 Å². The van der Waals surface area contributed by atoms with E-state index in [0.29, 0.717) is 32.3 Å². The van der Waals surface area contributed by atoms with E-state index in [9.17, 15) is 9.59 Å². The molecular formula is C19H34O6. The number of rotatable bonds is 13. The van der Waals surface area contributed by atoms with Crippen molar-refractivity contribution >= 4 is 11.9 Å². The van der Waals surface area contributed by atoms with Crippen LogP contribution in [-0.4, -0.2) is 51.6 Å². The van der Waals surface area contributed by atoms with E-state index < -0.39 is 11.9 Å². The Hall–Kier alpha value is -1.40. The summed E-state index contributed by atoms with van der Waals surface area (Å²) in [6, 6.07) is 0. The zero-order valence-electron chi connectivity index (χ0n) is 16.3. The summed E-state index contributed by atoms with van der Waals surface area (Å²) < 4.78 is 20.5. The first-order valence-corrected chi connectivity index (χ1v) is 8.88. The van der Waals surface area contributed by atoms with E-state index in [1.54, 1.807) is 0 Å². The van der Waals surface area contributed by atoms with E-state index in [-0.39, 0.29) is 18.6 Å². The summed E-state index contributed by atoms with van der Waals surface area (Å²) in [4.78, 5) is 22.8. The highest BCUT2D eigenvalue weighted by Crippen LogP contribution is 2.17. The van der Waals surface area contributed by atoms with Crippen LogP contribution in [0.25, 0.3) is 0 Å². The van der Waals surface area contributed by atoms with Gasteiger partial charge in [-0.05, 0) is 24.2 Å². The molecule has 0 fully saturated rings. The molecule has 0 rings (SSSR count). The fourth-order valence-electron chi connectivity index (χ4n) is 1.54. The van der Waals surface area contributed by atoms with Crippen LogP contribution in [0, 0.1) is 11.3 Å². The van der Waals surface area contributed by atoms with Gasteiger partial charge in [0.25, 0.3) is 0 Å². The molecule has 0 bridgehead atoms. The van der Waals surface area contributed by atoms with Crippen molar-refractivity contribution in [1.29, 1.82) is 0 Å². The molecule has 0 aromatic heterocycles. The van der Waals surface area contributed by atoms with Crippen LogP contribution in [0.5, 0.6) is 0 Å². The van der Waals surface area contributed by atoms with Crippen molar-refractivity contribution in [2.45, 2.75) is 47.5 Å². The molecule has 146 valence electrons. The number of hydrogen-bond acceptors (Lipinski definition) is 6. The number of esters is 2. The molecule has 0 heterocycles. The zero-order chi connectivity index (χ0) is 19.1. The standard InChI is InChI=1S/C19H34O6/c1-16(2)8-10-22-12-14-24-17(20)6-7-18(21)25-15-13-23-11-9-19(3,4)5/h6-7,16H,8-15H2,1-5H3/b7-6+. The topological polar surface area (TPSA) is 71.1 Å². The number of hydrogen-bond donors (Lipinski definition) is 0. The molecule has 0 N–H and O–H groups in total. The third-order valence-electron chi connectivity index (χ3n) is 3.14. The van der Waals surface area contributed by atoms with Gasteiger partial charge in [0.1, 0.15) is 13.2 Å². The molecular weight excluding hydrogens is 324 g/mol. The van der Waals surface area contributed by atoms with Crippen LogP contribution in [0.3, 0.4) is 0 Å². The molecule has 0 aromatic carbocycles. The van der Waals surface area contributed by atoms with Crippen LogP contribution < -0.4 is 0 Å². The molecule has 0 aliphatic carbocycles. The second-order valence-electron chi connectivity index (χ2n) is 7.39. The number of carbonyl (C=O) groups excluding carboxylic acids is 2. The maximum absolute atomic E-state index is 11.4. The first-order valence-electron chi connectivity index (χ1n) is 8.88. The van der Waals surface area contributed by atoms with E-state index in [1.807, 2.05) is 0 Å². The van der Waals surface area contributed by atoms with Gasteiger partial charge >= 0.3 is 11.9 Å². The fourth-order valence-corrected chi connectivity index (χ4v) is 1.54. The van der Waals surface area contributed by atoms with Crippen LogP contribution in [-0.2, 0) is 28.5 Å². The van der Waals surface area contributed by atoms with Crippen molar-refractivity contribution in [1.82, 2.24) is 0 Å². The van der Waals surface area contributed by atoms with Gasteiger partial charge in [0.2, 0.25) is 0 Å². The molecule has 0 unspecified atom stereocenters. The summed E-state index contributed by atoms with van der Waals surface area (Å²) in [6.07, 6.45) is 4.02. The Morgan fingerprint density at radius 3 is 1.72 bits per heavy atom. The van der Waals surface area contributed by atoms with Crippen LogP contribution in [0.15, 0.2) is 12.2 Å². The van der Waals surface area contributed by atoms with E-state index in [2.05, 4.69) is 34.6 Å². The molecule has 6 nitrogen and oxygen atoms in total. The quantitative estimate of drug-likeness (QED) is 0.286. The van der Waals surface area contributed by atoms with Crippen molar-refractivity contribution in [3.05, 3.63) is 12.2 Å². The van der Waals surface area contributed by atoms with Crippen molar-refractivity contribution < 1.29 is 28.5 Å². The number of ether oxygens (including phenoxy) is 4. The van der Waals surface area contributed by atoms with E-state index in [1.165, 1.54) is 0 Å². The Bertz CT molecular complexity index is 395. The smallest absolute Gasteiger partial charge is 0.331 e. The molecule has 0 aliphatic heterocycles. The predicted molar refractivity (Wildman–Crippen MR) is 96.2 cm³/mol. The fraction of sp³-hybridized carbons (Fsp3) is 0.789. The molecule has 6 heteroatoms. The molecule has 0 atom stereocenters. The Balaban J connectivity index is 3.59. The molecule has 0 aromatic rings. The minimum atomic E-state index is -0.593. The minimum absolute atomic E-state index is 0.159. The zero-order valence-corrected chi connectivity index (χ0v) is 16.3. The van der Waals surface area contributed by atoms with Crippen LogP contribution in [0.2, 0.25) is 0 Å². The maximum atomic E-state index is 11.4. The van der Waals surface area contributed by atoms with Gasteiger partial charge in [0.05, 0.1) is 13.2 Å². The predicted octanol–water partition coefficient (Wildman–Crippen LogP) is 3.14. The van der Waals surface area contributed by atoms with E-state index in [4.69, 9.17) is 18.9 Å². The first-order chi connectivity index (χ1) is 11.7. The second-order valence-corrected chi connectivity index (χ2v) is 7.39. The Morgan fingerprint density at radius 1 is 0.800 bits per heavy atom. The minimum Gasteiger partial charge on any atom is -0.460 e. The summed E-state index contributed by atoms with van der Waals surface area (Å²) in [5.41, 5.74) is 0.221. The lowest BCUT2D eigenvalue weighted by molar-refractivity contribution is -0.142. The number of carbonyl (C=O) groups is 2. The lowest BCUT2D eigenvalue weighted by atomic mass is 9.93. The molecule has 0 spiro atoms. The lowest BCUT2D eigenvalue weighted by Gasteiger charge is -2.17. The van der Waals surface area contributed by atoms with Gasteiger partial charge in [-0.2, -0.15) is 0 Å². The maximum Gasteiger partial charge on any atom is 0.331 e. The molecule has 0 saturated heterocycles. The van der Waals surface area contributed by atoms with Gasteiger partial charge in [-0.25, -0.2) is 9.59 Å². The third kappa shape index (κ3) is 18.8. The monoisotopic (exact) mass is 358 g/mol. The normalized spacial score (nSPS) is 11.9. The van der Waals surface area contributed by atoms with Gasteiger partial charge in [-0.1, -0.05) is 34.6 Å². The highest BCUT2D eigenvalue weighted by atomic mass is 16.6. The highest BCUT2D eigenvalue weighted by Gasteiger charge is 2.09. The summed E-state index contributed by atoms with van der Waals surface area (Å²) in [5, 5.41) is 0. The summed E-state index contributed by atoms with van der Waals surface area (Å²) in [5.74, 6) is -0.601. The molecule has 25 heavy (non-hydrogen) atoms. The van der Waals surface area contributed by atoms with Crippen LogP contribution in [0.1, 0.15) is 47.5 Å². The first kappa shape index (κ1) is 23.6. The van der Waals surface area contributed by atoms with Crippen molar-refractivity contribution in [3.8, 4) is 0 Å². The highest BCUT2D eigenvalue weighted by molar-refractivity contribution is 5.91. The molecule has 0 aliphatic rings. The largest absolute Gasteiger partial charge is 0.460 e. The SMILES string of the molecule is CC(C)CCOCCOC(=O)/C=C/C(=O)OCCOCCC(C)(C)C. The molecule has 0 radical (unpaired) electrons. The van der Waals surface area contributed by atoms with Gasteiger partial charge in [0, 0.05) is 25.4 Å². The van der Waals surface area contributed by atoms with Crippen LogP contribution >= 0.6 is 0 Å². The van der Waals surface area contributed by atoms with E-state index >= 15 is 0 Å². The van der Waals surface area contributed by atoms with Crippen molar-refractivity contribution in [3.63, 3.8) is 0 Å². The van der Waals surface area contributed by atoms with Gasteiger partial charge in [-0.15, -0.1) is 0 Å². The molecule has 0 saturated carbocycles. The van der Waals surface area contributed by atoms with Gasteiger partial charge < -0.3 is 18.9 Å². The average molecular weight is 358 g/mol.